The molecule has 0 saturated carbocycles. The number of rotatable bonds is 8. The summed E-state index contributed by atoms with van der Waals surface area (Å²) in [7, 11) is -2.99. The van der Waals surface area contributed by atoms with Gasteiger partial charge in [0.2, 0.25) is 0 Å². The van der Waals surface area contributed by atoms with E-state index in [2.05, 4.69) is 264 Å². The quantitative estimate of drug-likeness (QED) is 0.107. The highest BCUT2D eigenvalue weighted by molar-refractivity contribution is 7.20. The molecule has 0 aliphatic rings. The van der Waals surface area contributed by atoms with Crippen LogP contribution >= 0.6 is 0 Å². The van der Waals surface area contributed by atoms with E-state index in [-0.39, 0.29) is 0 Å². The molecule has 0 bridgehead atoms. The van der Waals surface area contributed by atoms with Gasteiger partial charge in [0.1, 0.15) is 0 Å². The van der Waals surface area contributed by atoms with Gasteiger partial charge in [0.15, 0.2) is 8.07 Å². The van der Waals surface area contributed by atoms with Crippen molar-refractivity contribution >= 4 is 72.4 Å². The van der Waals surface area contributed by atoms with Gasteiger partial charge in [-0.15, -0.1) is 0 Å². The number of para-hydroxylation sites is 3. The van der Waals surface area contributed by atoms with Crippen molar-refractivity contribution in [1.82, 2.24) is 9.13 Å². The molecule has 296 valence electrons. The van der Waals surface area contributed by atoms with Crippen LogP contribution in [0.2, 0.25) is 0 Å². The molecule has 63 heavy (non-hydrogen) atoms. The van der Waals surface area contributed by atoms with Crippen LogP contribution in [0.1, 0.15) is 0 Å². The number of hydrogen-bond donors (Lipinski definition) is 0. The summed E-state index contributed by atoms with van der Waals surface area (Å²) < 4.78 is 5.13. The number of hydrogen-bond acceptors (Lipinski definition) is 0. The van der Waals surface area contributed by atoms with E-state index in [4.69, 9.17) is 0 Å². The van der Waals surface area contributed by atoms with Crippen LogP contribution in [0, 0.1) is 0 Å². The molecule has 0 aliphatic heterocycles. The summed E-state index contributed by atoms with van der Waals surface area (Å²) in [6.45, 7) is 0. The van der Waals surface area contributed by atoms with Gasteiger partial charge in [-0.1, -0.05) is 224 Å². The minimum atomic E-state index is -2.99. The maximum absolute atomic E-state index is 2.99. The molecule has 0 aliphatic carbocycles. The second-order valence-electron chi connectivity index (χ2n) is 16.4. The van der Waals surface area contributed by atoms with Crippen molar-refractivity contribution in [2.75, 3.05) is 0 Å². The van der Waals surface area contributed by atoms with E-state index in [1.807, 2.05) is 0 Å². The Morgan fingerprint density at radius 1 is 0.270 bits per heavy atom. The third-order valence-corrected chi connectivity index (χ3v) is 17.9. The average Bonchev–Trinajstić information content (AvgIpc) is 3.89. The molecular weight excluding hydrogens is 777 g/mol. The minimum Gasteiger partial charge on any atom is -0.309 e. The lowest BCUT2D eigenvalue weighted by molar-refractivity contribution is 1.17. The van der Waals surface area contributed by atoms with Crippen LogP contribution in [0.3, 0.4) is 0 Å². The first kappa shape index (κ1) is 36.8. The van der Waals surface area contributed by atoms with Crippen LogP contribution in [0.25, 0.3) is 77.2 Å². The summed E-state index contributed by atoms with van der Waals surface area (Å²) in [5.74, 6) is 0. The van der Waals surface area contributed by atoms with Crippen LogP contribution < -0.4 is 20.7 Å². The molecule has 0 radical (unpaired) electrons. The van der Waals surface area contributed by atoms with Gasteiger partial charge >= 0.3 is 0 Å². The second kappa shape index (κ2) is 15.2. The predicted octanol–water partition coefficient (Wildman–Crippen LogP) is 12.6. The smallest absolute Gasteiger partial charge is 0.181 e. The lowest BCUT2D eigenvalue weighted by atomic mass is 9.98. The van der Waals surface area contributed by atoms with E-state index in [1.165, 1.54) is 81.1 Å². The van der Waals surface area contributed by atoms with E-state index in [9.17, 15) is 0 Å². The van der Waals surface area contributed by atoms with E-state index >= 15 is 0 Å². The zero-order valence-corrected chi connectivity index (χ0v) is 35.6. The highest BCUT2D eigenvalue weighted by Crippen LogP contribution is 2.44. The number of nitrogens with zero attached hydrogens (tertiary/aromatic N) is 2. The molecule has 0 amide bonds. The molecule has 3 heteroatoms. The summed E-state index contributed by atoms with van der Waals surface area (Å²) in [5, 5.41) is 10.4. The van der Waals surface area contributed by atoms with Gasteiger partial charge in [0, 0.05) is 27.1 Å². The van der Waals surface area contributed by atoms with Crippen molar-refractivity contribution in [3.63, 3.8) is 0 Å². The SMILES string of the molecule is c1ccc(-c2ccccc2-n2c3cccc(-c4ccccc4)c3c3c(-n4c5ccccc5c5cccc([Si](c6ccccc6)(c6ccccc6)c6ccccc6)c54)cccc32)cc1. The Balaban J connectivity index is 1.28. The van der Waals surface area contributed by atoms with Gasteiger partial charge in [-0.25, -0.2) is 0 Å². The fourth-order valence-corrected chi connectivity index (χ4v) is 15.5. The normalized spacial score (nSPS) is 11.8. The molecule has 0 atom stereocenters. The van der Waals surface area contributed by atoms with Crippen LogP contribution in [0.4, 0.5) is 0 Å². The Labute approximate surface area is 368 Å². The molecule has 2 heterocycles. The molecule has 2 aromatic heterocycles. The zero-order valence-electron chi connectivity index (χ0n) is 34.6. The average molecular weight is 819 g/mol. The Bertz CT molecular complexity index is 3500. The van der Waals surface area contributed by atoms with Crippen molar-refractivity contribution in [1.29, 1.82) is 0 Å². The van der Waals surface area contributed by atoms with Gasteiger partial charge in [0.05, 0.1) is 33.4 Å². The lowest BCUT2D eigenvalue weighted by Crippen LogP contribution is -2.75. The molecule has 0 saturated heterocycles. The highest BCUT2D eigenvalue weighted by Gasteiger charge is 2.43. The highest BCUT2D eigenvalue weighted by atomic mass is 28.3. The predicted molar refractivity (Wildman–Crippen MR) is 270 cm³/mol. The largest absolute Gasteiger partial charge is 0.309 e. The first-order valence-corrected chi connectivity index (χ1v) is 23.8. The third kappa shape index (κ3) is 5.71. The van der Waals surface area contributed by atoms with Gasteiger partial charge in [-0.3, -0.25) is 0 Å². The maximum Gasteiger partial charge on any atom is 0.181 e. The minimum absolute atomic E-state index is 1.15. The fourth-order valence-electron chi connectivity index (χ4n) is 10.5. The first-order chi connectivity index (χ1) is 31.3. The fraction of sp³-hybridized carbons (Fsp3) is 0. The Morgan fingerprint density at radius 3 is 1.33 bits per heavy atom. The number of aromatic nitrogens is 2. The molecule has 12 rings (SSSR count). The van der Waals surface area contributed by atoms with Crippen molar-refractivity contribution in [2.45, 2.75) is 0 Å². The topological polar surface area (TPSA) is 9.86 Å². The van der Waals surface area contributed by atoms with Gasteiger partial charge in [0.25, 0.3) is 0 Å². The van der Waals surface area contributed by atoms with Crippen LogP contribution in [0.5, 0.6) is 0 Å². The first-order valence-electron chi connectivity index (χ1n) is 21.8. The summed E-state index contributed by atoms with van der Waals surface area (Å²) in [5.41, 5.74) is 11.9. The summed E-state index contributed by atoms with van der Waals surface area (Å²) in [6, 6.07) is 94.3. The molecule has 10 aromatic carbocycles. The van der Waals surface area contributed by atoms with E-state index in [1.54, 1.807) is 0 Å². The van der Waals surface area contributed by atoms with Gasteiger partial charge in [-0.2, -0.15) is 0 Å². The molecular formula is C60H42N2Si. The third-order valence-electron chi connectivity index (χ3n) is 13.1. The van der Waals surface area contributed by atoms with Crippen LogP contribution in [-0.4, -0.2) is 17.2 Å². The zero-order chi connectivity index (χ0) is 41.7. The maximum atomic E-state index is 2.62. The standard InChI is InChI=1S/C60H42N2Si/c1-6-23-43(24-7-1)48-33-16-18-37-52(48)61-54-39-20-35-49(44-25-8-2-9-26-44)58(54)59-55(61)40-22-41-56(59)62-53-38-19-17-34-50(53)51-36-21-42-57(60(51)62)63(45-27-10-3-11-28-45,46-29-12-4-13-30-46)47-31-14-5-15-32-47/h1-42H. The Morgan fingerprint density at radius 2 is 0.698 bits per heavy atom. The lowest BCUT2D eigenvalue weighted by Gasteiger charge is -2.35. The van der Waals surface area contributed by atoms with Gasteiger partial charge < -0.3 is 9.13 Å². The molecule has 0 spiro atoms. The monoisotopic (exact) mass is 818 g/mol. The van der Waals surface area contributed by atoms with E-state index in [0.29, 0.717) is 0 Å². The molecule has 0 fully saturated rings. The summed E-state index contributed by atoms with van der Waals surface area (Å²) >= 11 is 0. The van der Waals surface area contributed by atoms with E-state index in [0.717, 1.165) is 16.9 Å². The van der Waals surface area contributed by atoms with Crippen molar-refractivity contribution < 1.29 is 0 Å². The molecule has 0 unspecified atom stereocenters. The Hall–Kier alpha value is -7.98. The van der Waals surface area contributed by atoms with Crippen molar-refractivity contribution in [3.05, 3.63) is 255 Å². The van der Waals surface area contributed by atoms with Gasteiger partial charge in [-0.05, 0) is 67.8 Å². The molecule has 0 N–H and O–H groups in total. The second-order valence-corrected chi connectivity index (χ2v) is 20.1. The van der Waals surface area contributed by atoms with Crippen molar-refractivity contribution in [2.24, 2.45) is 0 Å². The van der Waals surface area contributed by atoms with E-state index < -0.39 is 8.07 Å². The summed E-state index contributed by atoms with van der Waals surface area (Å²) in [6.07, 6.45) is 0. The molecule has 12 aromatic rings. The van der Waals surface area contributed by atoms with Crippen molar-refractivity contribution in [3.8, 4) is 33.6 Å². The summed E-state index contributed by atoms with van der Waals surface area (Å²) in [4.78, 5) is 0. The number of fused-ring (bicyclic) bond motifs is 6. The Kier molecular flexibility index (Phi) is 8.87. The molecule has 2 nitrogen and oxygen atoms in total. The van der Waals surface area contributed by atoms with Crippen LogP contribution in [0.15, 0.2) is 255 Å². The number of benzene rings is 10. The van der Waals surface area contributed by atoms with Crippen LogP contribution in [-0.2, 0) is 0 Å².